The number of amides is 2. The Hall–Kier alpha value is -3.31. The maximum absolute atomic E-state index is 13.7. The number of carbonyl (C=O) groups excluding carboxylic acids is 2. The van der Waals surface area contributed by atoms with E-state index in [1.54, 1.807) is 29.2 Å². The number of ether oxygens (including phenoxy) is 1. The van der Waals surface area contributed by atoms with Gasteiger partial charge in [0.1, 0.15) is 11.8 Å². The van der Waals surface area contributed by atoms with Crippen LogP contribution in [0, 0.1) is 13.8 Å². The summed E-state index contributed by atoms with van der Waals surface area (Å²) >= 11 is 6.11. The average molecular weight is 477 g/mol. The second kappa shape index (κ2) is 9.90. The van der Waals surface area contributed by atoms with Crippen molar-refractivity contribution in [3.05, 3.63) is 94.0 Å². The number of nitrogens with one attached hydrogen (secondary N) is 1. The van der Waals surface area contributed by atoms with Gasteiger partial charge in [-0.25, -0.2) is 0 Å². The number of anilines is 1. The average Bonchev–Trinajstić information content (AvgIpc) is 2.79. The Morgan fingerprint density at radius 2 is 1.62 bits per heavy atom. The molecule has 0 unspecified atom stereocenters. The van der Waals surface area contributed by atoms with E-state index < -0.39 is 6.04 Å². The number of nitrogens with zero attached hydrogens (tertiary/aromatic N) is 1. The molecule has 1 fully saturated rings. The summed E-state index contributed by atoms with van der Waals surface area (Å²) in [5.74, 6) is 0.458. The number of likely N-dealkylation sites (tertiary alicyclic amines) is 1. The van der Waals surface area contributed by atoms with Crippen LogP contribution in [-0.4, -0.2) is 22.8 Å². The summed E-state index contributed by atoms with van der Waals surface area (Å²) in [5, 5.41) is 3.65. The third kappa shape index (κ3) is 4.95. The first-order valence-corrected chi connectivity index (χ1v) is 11.8. The number of β-lactam (4-membered cyclic amide) rings is 1. The van der Waals surface area contributed by atoms with E-state index in [9.17, 15) is 9.59 Å². The second-order valence-electron chi connectivity index (χ2n) is 8.97. The molecule has 1 aliphatic rings. The Morgan fingerprint density at radius 1 is 1.00 bits per heavy atom. The largest absolute Gasteiger partial charge is 0.491 e. The summed E-state index contributed by atoms with van der Waals surface area (Å²) in [6.07, 6.45) is 0.432. The van der Waals surface area contributed by atoms with Crippen LogP contribution in [0.3, 0.4) is 0 Å². The third-order valence-electron chi connectivity index (χ3n) is 6.07. The molecule has 1 heterocycles. The molecule has 0 bridgehead atoms. The molecular formula is C28H29ClN2O3. The van der Waals surface area contributed by atoms with Crippen LogP contribution in [-0.2, 0) is 9.59 Å². The van der Waals surface area contributed by atoms with Crippen LogP contribution >= 0.6 is 11.6 Å². The minimum absolute atomic E-state index is 0.0656. The molecule has 6 heteroatoms. The lowest BCUT2D eigenvalue weighted by Crippen LogP contribution is -2.51. The highest BCUT2D eigenvalue weighted by molar-refractivity contribution is 6.30. The van der Waals surface area contributed by atoms with Crippen molar-refractivity contribution >= 4 is 29.1 Å². The molecule has 5 nitrogen and oxygen atoms in total. The van der Waals surface area contributed by atoms with E-state index in [1.807, 2.05) is 70.2 Å². The van der Waals surface area contributed by atoms with Crippen molar-refractivity contribution in [3.8, 4) is 5.75 Å². The molecule has 4 rings (SSSR count). The van der Waals surface area contributed by atoms with Gasteiger partial charge in [-0.05, 0) is 74.2 Å². The molecule has 3 aromatic carbocycles. The van der Waals surface area contributed by atoms with E-state index in [0.29, 0.717) is 17.0 Å². The van der Waals surface area contributed by atoms with Crippen molar-refractivity contribution in [1.29, 1.82) is 0 Å². The van der Waals surface area contributed by atoms with E-state index in [-0.39, 0.29) is 24.0 Å². The maximum Gasteiger partial charge on any atom is 0.251 e. The topological polar surface area (TPSA) is 58.6 Å². The standard InChI is InChI=1S/C28H29ClN2O3/c1-17(2)34-23-14-10-20(11-15-23)24-16-25(32)31(24)27(21-8-12-22(29)13-9-21)28(33)30-26-18(3)6-5-7-19(26)4/h5-15,17,24,27H,16H2,1-4H3,(H,30,33)/t24-,27+/m1/s1. The number of aryl methyl sites for hydroxylation is 2. The van der Waals surface area contributed by atoms with Gasteiger partial charge in [-0.1, -0.05) is 54.1 Å². The van der Waals surface area contributed by atoms with Crippen molar-refractivity contribution in [2.45, 2.75) is 52.3 Å². The quantitative estimate of drug-likeness (QED) is 0.401. The monoisotopic (exact) mass is 476 g/mol. The molecule has 1 saturated heterocycles. The Bertz CT molecular complexity index is 1170. The summed E-state index contributed by atoms with van der Waals surface area (Å²) in [5.41, 5.74) is 4.39. The highest BCUT2D eigenvalue weighted by Gasteiger charge is 2.45. The fourth-order valence-electron chi connectivity index (χ4n) is 4.36. The normalized spacial score (nSPS) is 16.2. The van der Waals surface area contributed by atoms with E-state index in [2.05, 4.69) is 5.32 Å². The molecule has 34 heavy (non-hydrogen) atoms. The molecule has 2 amide bonds. The lowest BCUT2D eigenvalue weighted by molar-refractivity contribution is -0.154. The van der Waals surface area contributed by atoms with Gasteiger partial charge in [-0.15, -0.1) is 0 Å². The Morgan fingerprint density at radius 3 is 2.18 bits per heavy atom. The minimum Gasteiger partial charge on any atom is -0.491 e. The highest BCUT2D eigenvalue weighted by atomic mass is 35.5. The van der Waals surface area contributed by atoms with E-state index >= 15 is 0 Å². The first-order valence-electron chi connectivity index (χ1n) is 11.4. The zero-order chi connectivity index (χ0) is 24.4. The van der Waals surface area contributed by atoms with E-state index in [0.717, 1.165) is 28.1 Å². The number of para-hydroxylation sites is 1. The maximum atomic E-state index is 13.7. The smallest absolute Gasteiger partial charge is 0.251 e. The number of hydrogen-bond donors (Lipinski definition) is 1. The lowest BCUT2D eigenvalue weighted by Gasteiger charge is -2.45. The van der Waals surface area contributed by atoms with Crippen LogP contribution in [0.4, 0.5) is 5.69 Å². The predicted octanol–water partition coefficient (Wildman–Crippen LogP) is 6.40. The van der Waals surface area contributed by atoms with Crippen LogP contribution in [0.25, 0.3) is 0 Å². The zero-order valence-electron chi connectivity index (χ0n) is 19.8. The molecule has 176 valence electrons. The second-order valence-corrected chi connectivity index (χ2v) is 9.40. The van der Waals surface area contributed by atoms with Crippen LogP contribution in [0.5, 0.6) is 5.75 Å². The first kappa shape index (κ1) is 23.8. The zero-order valence-corrected chi connectivity index (χ0v) is 20.6. The van der Waals surface area contributed by atoms with Gasteiger partial charge < -0.3 is 15.0 Å². The molecule has 0 radical (unpaired) electrons. The van der Waals surface area contributed by atoms with Gasteiger partial charge in [0.05, 0.1) is 18.6 Å². The van der Waals surface area contributed by atoms with Gasteiger partial charge in [0, 0.05) is 10.7 Å². The van der Waals surface area contributed by atoms with Gasteiger partial charge >= 0.3 is 0 Å². The number of hydrogen-bond acceptors (Lipinski definition) is 3. The van der Waals surface area contributed by atoms with Crippen LogP contribution in [0.2, 0.25) is 5.02 Å². The molecule has 2 atom stereocenters. The number of benzene rings is 3. The summed E-state index contributed by atoms with van der Waals surface area (Å²) in [4.78, 5) is 28.2. The summed E-state index contributed by atoms with van der Waals surface area (Å²) < 4.78 is 5.75. The van der Waals surface area contributed by atoms with Crippen LogP contribution < -0.4 is 10.1 Å². The van der Waals surface area contributed by atoms with Crippen molar-refractivity contribution in [1.82, 2.24) is 4.90 Å². The SMILES string of the molecule is Cc1cccc(C)c1NC(=O)[C@H](c1ccc(Cl)cc1)N1C(=O)C[C@@H]1c1ccc(OC(C)C)cc1. The number of rotatable bonds is 7. The summed E-state index contributed by atoms with van der Waals surface area (Å²) in [7, 11) is 0. The van der Waals surface area contributed by atoms with Gasteiger partial charge in [0.25, 0.3) is 5.91 Å². The van der Waals surface area contributed by atoms with Crippen LogP contribution in [0.1, 0.15) is 54.6 Å². The van der Waals surface area contributed by atoms with Crippen molar-refractivity contribution in [2.24, 2.45) is 0 Å². The van der Waals surface area contributed by atoms with Gasteiger partial charge in [0.2, 0.25) is 5.91 Å². The van der Waals surface area contributed by atoms with Crippen molar-refractivity contribution in [2.75, 3.05) is 5.32 Å². The molecular weight excluding hydrogens is 448 g/mol. The van der Waals surface area contributed by atoms with Gasteiger partial charge in [-0.2, -0.15) is 0 Å². The van der Waals surface area contributed by atoms with Crippen LogP contribution in [0.15, 0.2) is 66.7 Å². The number of carbonyl (C=O) groups is 2. The third-order valence-corrected chi connectivity index (χ3v) is 6.32. The first-order chi connectivity index (χ1) is 16.2. The molecule has 0 aliphatic carbocycles. The highest BCUT2D eigenvalue weighted by Crippen LogP contribution is 2.42. The molecule has 0 aromatic heterocycles. The minimum atomic E-state index is -0.783. The molecule has 1 N–H and O–H groups in total. The fourth-order valence-corrected chi connectivity index (χ4v) is 4.49. The Labute approximate surface area is 205 Å². The molecule has 1 aliphatic heterocycles. The predicted molar refractivity (Wildman–Crippen MR) is 135 cm³/mol. The van der Waals surface area contributed by atoms with Gasteiger partial charge in [0.15, 0.2) is 0 Å². The number of halogens is 1. The molecule has 0 saturated carbocycles. The Kier molecular flexibility index (Phi) is 6.94. The summed E-state index contributed by atoms with van der Waals surface area (Å²) in [6, 6.07) is 19.7. The van der Waals surface area contributed by atoms with Crippen molar-refractivity contribution < 1.29 is 14.3 Å². The lowest BCUT2D eigenvalue weighted by atomic mass is 9.89. The molecule has 0 spiro atoms. The van der Waals surface area contributed by atoms with E-state index in [1.165, 1.54) is 0 Å². The summed E-state index contributed by atoms with van der Waals surface area (Å²) in [6.45, 7) is 7.87. The van der Waals surface area contributed by atoms with Crippen molar-refractivity contribution in [3.63, 3.8) is 0 Å². The van der Waals surface area contributed by atoms with E-state index in [4.69, 9.17) is 16.3 Å². The Balaban J connectivity index is 1.67. The fraction of sp³-hybridized carbons (Fsp3) is 0.286. The molecule has 3 aromatic rings. The van der Waals surface area contributed by atoms with Gasteiger partial charge in [-0.3, -0.25) is 9.59 Å².